The van der Waals surface area contributed by atoms with Crippen molar-refractivity contribution in [3.63, 3.8) is 0 Å². The lowest BCUT2D eigenvalue weighted by atomic mass is 10.0. The van der Waals surface area contributed by atoms with Gasteiger partial charge in [0.25, 0.3) is 0 Å². The number of rotatable bonds is 2. The summed E-state index contributed by atoms with van der Waals surface area (Å²) in [6.45, 7) is 3.94. The molecule has 1 aliphatic rings. The molecule has 0 unspecified atom stereocenters. The monoisotopic (exact) mass is 287 g/mol. The van der Waals surface area contributed by atoms with Crippen LogP contribution < -0.4 is 5.32 Å². The minimum Gasteiger partial charge on any atom is -0.331 e. The Morgan fingerprint density at radius 2 is 2.20 bits per heavy atom. The highest BCUT2D eigenvalue weighted by Gasteiger charge is 2.20. The van der Waals surface area contributed by atoms with Gasteiger partial charge >= 0.3 is 6.03 Å². The van der Waals surface area contributed by atoms with Crippen LogP contribution in [0.2, 0.25) is 0 Å². The Morgan fingerprint density at radius 3 is 2.95 bits per heavy atom. The van der Waals surface area contributed by atoms with Crippen LogP contribution in [0.25, 0.3) is 0 Å². The number of carbonyl (C=O) groups excluding carboxylic acids is 1. The number of aromatic nitrogens is 1. The lowest BCUT2D eigenvalue weighted by Crippen LogP contribution is -2.42. The van der Waals surface area contributed by atoms with Crippen LogP contribution >= 0.6 is 11.3 Å². The van der Waals surface area contributed by atoms with Crippen molar-refractivity contribution >= 4 is 17.4 Å². The van der Waals surface area contributed by atoms with Gasteiger partial charge in [0.2, 0.25) is 0 Å². The maximum atomic E-state index is 12.2. The van der Waals surface area contributed by atoms with E-state index in [4.69, 9.17) is 0 Å². The average molecular weight is 287 g/mol. The van der Waals surface area contributed by atoms with E-state index >= 15 is 0 Å². The maximum absolute atomic E-state index is 12.2. The van der Waals surface area contributed by atoms with Crippen LogP contribution in [0.15, 0.2) is 29.6 Å². The van der Waals surface area contributed by atoms with Crippen LogP contribution in [-0.4, -0.2) is 22.5 Å². The quantitative estimate of drug-likeness (QED) is 0.923. The zero-order valence-electron chi connectivity index (χ0n) is 11.4. The molecule has 20 heavy (non-hydrogen) atoms. The molecule has 0 spiro atoms. The Balaban J connectivity index is 1.59. The number of hydrogen-bond acceptors (Lipinski definition) is 3. The molecule has 0 bridgehead atoms. The Labute approximate surface area is 122 Å². The van der Waals surface area contributed by atoms with E-state index in [1.54, 1.807) is 11.3 Å². The highest BCUT2D eigenvalue weighted by molar-refractivity contribution is 7.09. The first kappa shape index (κ1) is 13.1. The SMILES string of the molecule is Cc1csc(CNC(=O)N2CCc3ccccc3C2)n1. The van der Waals surface area contributed by atoms with E-state index in [2.05, 4.69) is 28.5 Å². The number of fused-ring (bicyclic) bond motifs is 1. The number of urea groups is 1. The van der Waals surface area contributed by atoms with Crippen LogP contribution in [0.3, 0.4) is 0 Å². The zero-order chi connectivity index (χ0) is 13.9. The largest absolute Gasteiger partial charge is 0.331 e. The van der Waals surface area contributed by atoms with Gasteiger partial charge in [0.15, 0.2) is 0 Å². The molecule has 2 aromatic rings. The molecule has 1 aliphatic heterocycles. The molecule has 0 fully saturated rings. The fourth-order valence-corrected chi connectivity index (χ4v) is 3.13. The van der Waals surface area contributed by atoms with E-state index < -0.39 is 0 Å². The topological polar surface area (TPSA) is 45.2 Å². The molecular weight excluding hydrogens is 270 g/mol. The Kier molecular flexibility index (Phi) is 3.69. The molecule has 5 heteroatoms. The van der Waals surface area contributed by atoms with Crippen molar-refractivity contribution in [3.8, 4) is 0 Å². The van der Waals surface area contributed by atoms with Crippen molar-refractivity contribution in [2.45, 2.75) is 26.4 Å². The summed E-state index contributed by atoms with van der Waals surface area (Å²) in [5, 5.41) is 5.90. The zero-order valence-corrected chi connectivity index (χ0v) is 12.2. The third-order valence-corrected chi connectivity index (χ3v) is 4.44. The molecule has 4 nitrogen and oxygen atoms in total. The number of carbonyl (C=O) groups is 1. The van der Waals surface area contributed by atoms with E-state index in [0.717, 1.165) is 23.7 Å². The van der Waals surface area contributed by atoms with Crippen molar-refractivity contribution in [3.05, 3.63) is 51.5 Å². The minimum atomic E-state index is -0.00708. The highest BCUT2D eigenvalue weighted by Crippen LogP contribution is 2.18. The highest BCUT2D eigenvalue weighted by atomic mass is 32.1. The number of nitrogens with one attached hydrogen (secondary N) is 1. The third-order valence-electron chi connectivity index (χ3n) is 3.48. The lowest BCUT2D eigenvalue weighted by molar-refractivity contribution is 0.192. The van der Waals surface area contributed by atoms with E-state index in [1.807, 2.05) is 23.3 Å². The normalized spacial score (nSPS) is 13.9. The van der Waals surface area contributed by atoms with Gasteiger partial charge < -0.3 is 10.2 Å². The van der Waals surface area contributed by atoms with Crippen LogP contribution in [0, 0.1) is 6.92 Å². The Morgan fingerprint density at radius 1 is 1.40 bits per heavy atom. The smallest absolute Gasteiger partial charge is 0.318 e. The first-order chi connectivity index (χ1) is 9.72. The molecule has 0 saturated carbocycles. The van der Waals surface area contributed by atoms with Gasteiger partial charge in [-0.25, -0.2) is 9.78 Å². The second-order valence-corrected chi connectivity index (χ2v) is 5.92. The molecule has 0 saturated heterocycles. The van der Waals surface area contributed by atoms with Crippen molar-refractivity contribution in [1.82, 2.24) is 15.2 Å². The number of amides is 2. The fraction of sp³-hybridized carbons (Fsp3) is 0.333. The average Bonchev–Trinajstić information content (AvgIpc) is 2.90. The van der Waals surface area contributed by atoms with Gasteiger partial charge in [0, 0.05) is 24.2 Å². The van der Waals surface area contributed by atoms with E-state index in [0.29, 0.717) is 13.1 Å². The molecule has 2 amide bonds. The molecule has 0 aliphatic carbocycles. The first-order valence-electron chi connectivity index (χ1n) is 6.73. The molecule has 3 rings (SSSR count). The van der Waals surface area contributed by atoms with E-state index in [-0.39, 0.29) is 6.03 Å². The summed E-state index contributed by atoms with van der Waals surface area (Å²) in [4.78, 5) is 18.4. The summed E-state index contributed by atoms with van der Waals surface area (Å²) >= 11 is 1.58. The summed E-state index contributed by atoms with van der Waals surface area (Å²) in [6, 6.07) is 8.31. The van der Waals surface area contributed by atoms with E-state index in [9.17, 15) is 4.79 Å². The molecular formula is C15H17N3OS. The van der Waals surface area contributed by atoms with Gasteiger partial charge in [-0.3, -0.25) is 0 Å². The maximum Gasteiger partial charge on any atom is 0.318 e. The molecule has 1 aromatic heterocycles. The first-order valence-corrected chi connectivity index (χ1v) is 7.61. The minimum absolute atomic E-state index is 0.00708. The molecule has 0 radical (unpaired) electrons. The number of benzene rings is 1. The van der Waals surface area contributed by atoms with Gasteiger partial charge in [-0.2, -0.15) is 0 Å². The number of nitrogens with zero attached hydrogens (tertiary/aromatic N) is 2. The van der Waals surface area contributed by atoms with Crippen LogP contribution in [-0.2, 0) is 19.5 Å². The van der Waals surface area contributed by atoms with E-state index in [1.165, 1.54) is 11.1 Å². The van der Waals surface area contributed by atoms with Gasteiger partial charge in [0.1, 0.15) is 5.01 Å². The molecule has 2 heterocycles. The van der Waals surface area contributed by atoms with Gasteiger partial charge in [-0.05, 0) is 24.5 Å². The molecule has 0 atom stereocenters. The van der Waals surface area contributed by atoms with Crippen LogP contribution in [0.4, 0.5) is 4.79 Å². The summed E-state index contributed by atoms with van der Waals surface area (Å²) in [5.41, 5.74) is 3.61. The summed E-state index contributed by atoms with van der Waals surface area (Å²) in [6.07, 6.45) is 0.931. The molecule has 1 aromatic carbocycles. The van der Waals surface area contributed by atoms with Crippen molar-refractivity contribution < 1.29 is 4.79 Å². The van der Waals surface area contributed by atoms with Crippen LogP contribution in [0.5, 0.6) is 0 Å². The summed E-state index contributed by atoms with van der Waals surface area (Å²) in [5.74, 6) is 0. The van der Waals surface area contributed by atoms with Crippen LogP contribution in [0.1, 0.15) is 21.8 Å². The summed E-state index contributed by atoms with van der Waals surface area (Å²) < 4.78 is 0. The predicted molar refractivity (Wildman–Crippen MR) is 79.6 cm³/mol. The van der Waals surface area contributed by atoms with Crippen molar-refractivity contribution in [2.24, 2.45) is 0 Å². The second kappa shape index (κ2) is 5.63. The third kappa shape index (κ3) is 2.82. The number of thiazole rings is 1. The number of hydrogen-bond donors (Lipinski definition) is 1. The predicted octanol–water partition coefficient (Wildman–Crippen LogP) is 2.72. The van der Waals surface area contributed by atoms with Gasteiger partial charge in [0.05, 0.1) is 6.54 Å². The second-order valence-electron chi connectivity index (χ2n) is 4.98. The Hall–Kier alpha value is -1.88. The van der Waals surface area contributed by atoms with Crippen molar-refractivity contribution in [2.75, 3.05) is 6.54 Å². The van der Waals surface area contributed by atoms with Gasteiger partial charge in [-0.1, -0.05) is 24.3 Å². The molecule has 1 N–H and O–H groups in total. The fourth-order valence-electron chi connectivity index (χ4n) is 2.42. The number of aryl methyl sites for hydroxylation is 1. The Bertz CT molecular complexity index is 623. The summed E-state index contributed by atoms with van der Waals surface area (Å²) in [7, 11) is 0. The van der Waals surface area contributed by atoms with Gasteiger partial charge in [-0.15, -0.1) is 11.3 Å². The van der Waals surface area contributed by atoms with Crippen molar-refractivity contribution in [1.29, 1.82) is 0 Å². The standard InChI is InChI=1S/C15H17N3OS/c1-11-10-20-14(17-11)8-16-15(19)18-7-6-12-4-2-3-5-13(12)9-18/h2-5,10H,6-9H2,1H3,(H,16,19). The molecule has 104 valence electrons. The lowest BCUT2D eigenvalue weighted by Gasteiger charge is -2.28.